The summed E-state index contributed by atoms with van der Waals surface area (Å²) in [6.07, 6.45) is 4.51. The van der Waals surface area contributed by atoms with E-state index in [0.29, 0.717) is 0 Å². The lowest BCUT2D eigenvalue weighted by Gasteiger charge is -2.32. The lowest BCUT2D eigenvalue weighted by atomic mass is 10.1. The van der Waals surface area contributed by atoms with Crippen molar-refractivity contribution in [1.82, 2.24) is 10.2 Å². The second kappa shape index (κ2) is 11.5. The normalized spacial score (nSPS) is 14.8. The standard InChI is InChI=1S/C24H29FN4O6S/c1-17(24(31)26-19-9-4-5-10-19)27(15-18-8-3-6-13-22(18)25)23(30)16-28(36(2,34)35)20-11-7-12-21(14-20)29(32)33/h3,6-8,11-14,17,19H,4-5,9-10,15-16H2,1-2H3,(H,26,31)/t17-/m1/s1. The zero-order valence-electron chi connectivity index (χ0n) is 20.1. The number of nitrogens with zero attached hydrogens (tertiary/aromatic N) is 3. The Morgan fingerprint density at radius 3 is 2.44 bits per heavy atom. The molecule has 0 unspecified atom stereocenters. The summed E-state index contributed by atoms with van der Waals surface area (Å²) in [5, 5.41) is 14.1. The molecule has 10 nitrogen and oxygen atoms in total. The number of rotatable bonds is 10. The van der Waals surface area contributed by atoms with Crippen molar-refractivity contribution in [1.29, 1.82) is 0 Å². The van der Waals surface area contributed by atoms with Crippen LogP contribution in [0, 0.1) is 15.9 Å². The van der Waals surface area contributed by atoms with Crippen LogP contribution in [-0.4, -0.2) is 54.9 Å². The third-order valence-corrected chi connectivity index (χ3v) is 7.32. The number of carbonyl (C=O) groups is 2. The third-order valence-electron chi connectivity index (χ3n) is 6.18. The molecule has 0 heterocycles. The van der Waals surface area contributed by atoms with Crippen molar-refractivity contribution >= 4 is 33.2 Å². The van der Waals surface area contributed by atoms with E-state index in [1.165, 1.54) is 43.3 Å². The monoisotopic (exact) mass is 520 g/mol. The van der Waals surface area contributed by atoms with Crippen molar-refractivity contribution in [3.8, 4) is 0 Å². The molecule has 0 radical (unpaired) electrons. The molecule has 0 spiro atoms. The first-order valence-corrected chi connectivity index (χ1v) is 13.4. The fraction of sp³-hybridized carbons (Fsp3) is 0.417. The van der Waals surface area contributed by atoms with E-state index in [4.69, 9.17) is 0 Å². The second-order valence-electron chi connectivity index (χ2n) is 8.83. The second-order valence-corrected chi connectivity index (χ2v) is 10.7. The van der Waals surface area contributed by atoms with E-state index in [1.54, 1.807) is 6.07 Å². The molecule has 1 N–H and O–H groups in total. The summed E-state index contributed by atoms with van der Waals surface area (Å²) in [6, 6.07) is 9.65. The Labute approximate surface area is 209 Å². The van der Waals surface area contributed by atoms with E-state index < -0.39 is 45.2 Å². The highest BCUT2D eigenvalue weighted by Gasteiger charge is 2.32. The van der Waals surface area contributed by atoms with E-state index in [-0.39, 0.29) is 29.5 Å². The van der Waals surface area contributed by atoms with Gasteiger partial charge in [0, 0.05) is 30.3 Å². The van der Waals surface area contributed by atoms with E-state index in [1.807, 2.05) is 0 Å². The summed E-state index contributed by atoms with van der Waals surface area (Å²) in [6.45, 7) is 0.508. The minimum Gasteiger partial charge on any atom is -0.352 e. The molecule has 2 amide bonds. The van der Waals surface area contributed by atoms with Crippen LogP contribution < -0.4 is 9.62 Å². The zero-order chi connectivity index (χ0) is 26.5. The van der Waals surface area contributed by atoms with Gasteiger partial charge in [-0.3, -0.25) is 24.0 Å². The van der Waals surface area contributed by atoms with E-state index >= 15 is 0 Å². The quantitative estimate of drug-likeness (QED) is 0.379. The molecule has 2 aromatic carbocycles. The number of nitrogens with one attached hydrogen (secondary N) is 1. The van der Waals surface area contributed by atoms with Gasteiger partial charge in [-0.25, -0.2) is 12.8 Å². The smallest absolute Gasteiger partial charge is 0.271 e. The average molecular weight is 521 g/mol. The van der Waals surface area contributed by atoms with E-state index in [9.17, 15) is 32.5 Å². The molecule has 0 saturated heterocycles. The molecule has 0 aromatic heterocycles. The molecule has 2 aromatic rings. The fourth-order valence-corrected chi connectivity index (χ4v) is 5.00. The van der Waals surface area contributed by atoms with E-state index in [0.717, 1.165) is 47.2 Å². The SMILES string of the molecule is C[C@H](C(=O)NC1CCCC1)N(Cc1ccccc1F)C(=O)CN(c1cccc([N+](=O)[O-])c1)S(C)(=O)=O. The molecule has 12 heteroatoms. The number of nitro benzene ring substituents is 1. The third kappa shape index (κ3) is 6.78. The number of hydrogen-bond acceptors (Lipinski definition) is 6. The molecule has 1 fully saturated rings. The van der Waals surface area contributed by atoms with Crippen LogP contribution >= 0.6 is 0 Å². The van der Waals surface area contributed by atoms with Crippen molar-refractivity contribution in [3.05, 3.63) is 70.0 Å². The summed E-state index contributed by atoms with van der Waals surface area (Å²) in [5.41, 5.74) is -0.261. The van der Waals surface area contributed by atoms with Gasteiger partial charge in [0.1, 0.15) is 18.4 Å². The number of halogens is 1. The van der Waals surface area contributed by atoms with Gasteiger partial charge in [0.15, 0.2) is 0 Å². The van der Waals surface area contributed by atoms with Gasteiger partial charge in [-0.1, -0.05) is 37.1 Å². The number of hydrogen-bond donors (Lipinski definition) is 1. The first-order valence-electron chi connectivity index (χ1n) is 11.5. The topological polar surface area (TPSA) is 130 Å². The van der Waals surface area contributed by atoms with Gasteiger partial charge in [0.2, 0.25) is 21.8 Å². The highest BCUT2D eigenvalue weighted by Crippen LogP contribution is 2.24. The van der Waals surface area contributed by atoms with Crippen LogP contribution in [0.4, 0.5) is 15.8 Å². The van der Waals surface area contributed by atoms with Gasteiger partial charge in [-0.05, 0) is 31.9 Å². The first kappa shape index (κ1) is 27.1. The summed E-state index contributed by atoms with van der Waals surface area (Å²) < 4.78 is 40.3. The Kier molecular flexibility index (Phi) is 8.62. The molecule has 194 valence electrons. The minimum atomic E-state index is -4.05. The number of sulfonamides is 1. The van der Waals surface area contributed by atoms with E-state index in [2.05, 4.69) is 5.32 Å². The molecule has 3 rings (SSSR count). The zero-order valence-corrected chi connectivity index (χ0v) is 20.9. The Balaban J connectivity index is 1.91. The Hall–Kier alpha value is -3.54. The summed E-state index contributed by atoms with van der Waals surface area (Å²) in [7, 11) is -4.05. The lowest BCUT2D eigenvalue weighted by molar-refractivity contribution is -0.384. The molecule has 0 aliphatic heterocycles. The predicted octanol–water partition coefficient (Wildman–Crippen LogP) is 2.98. The van der Waals surface area contributed by atoms with Crippen LogP contribution in [0.1, 0.15) is 38.2 Å². The van der Waals surface area contributed by atoms with Crippen molar-refractivity contribution in [2.24, 2.45) is 0 Å². The van der Waals surface area contributed by atoms with Crippen molar-refractivity contribution in [2.75, 3.05) is 17.1 Å². The molecule has 1 aliphatic carbocycles. The molecule has 0 bridgehead atoms. The molecule has 1 saturated carbocycles. The van der Waals surface area contributed by atoms with Crippen LogP contribution in [0.3, 0.4) is 0 Å². The Morgan fingerprint density at radius 2 is 1.83 bits per heavy atom. The summed E-state index contributed by atoms with van der Waals surface area (Å²) in [5.74, 6) is -1.76. The van der Waals surface area contributed by atoms with Gasteiger partial charge in [0.05, 0.1) is 16.9 Å². The number of anilines is 1. The number of nitro groups is 1. The van der Waals surface area contributed by atoms with Crippen LogP contribution in [0.2, 0.25) is 0 Å². The average Bonchev–Trinajstić information content (AvgIpc) is 3.33. The van der Waals surface area contributed by atoms with Crippen LogP contribution in [-0.2, 0) is 26.2 Å². The summed E-state index contributed by atoms with van der Waals surface area (Å²) >= 11 is 0. The minimum absolute atomic E-state index is 0.0113. The molecule has 36 heavy (non-hydrogen) atoms. The predicted molar refractivity (Wildman–Crippen MR) is 132 cm³/mol. The first-order chi connectivity index (χ1) is 17.0. The Bertz CT molecular complexity index is 1230. The van der Waals surface area contributed by atoms with Gasteiger partial charge >= 0.3 is 0 Å². The van der Waals surface area contributed by atoms with Crippen molar-refractivity contribution in [3.63, 3.8) is 0 Å². The fourth-order valence-electron chi connectivity index (χ4n) is 4.16. The number of carbonyl (C=O) groups excluding carboxylic acids is 2. The van der Waals surface area contributed by atoms with Gasteiger partial charge in [-0.15, -0.1) is 0 Å². The number of amides is 2. The van der Waals surface area contributed by atoms with Crippen molar-refractivity contribution in [2.45, 2.75) is 51.2 Å². The lowest BCUT2D eigenvalue weighted by Crippen LogP contribution is -2.52. The maximum Gasteiger partial charge on any atom is 0.271 e. The number of benzene rings is 2. The highest BCUT2D eigenvalue weighted by atomic mass is 32.2. The van der Waals surface area contributed by atoms with Gasteiger partial charge in [-0.2, -0.15) is 0 Å². The highest BCUT2D eigenvalue weighted by molar-refractivity contribution is 7.92. The van der Waals surface area contributed by atoms with Gasteiger partial charge < -0.3 is 10.2 Å². The van der Waals surface area contributed by atoms with Crippen LogP contribution in [0.15, 0.2) is 48.5 Å². The maximum atomic E-state index is 14.4. The molecule has 1 aliphatic rings. The molecular weight excluding hydrogens is 491 g/mol. The summed E-state index contributed by atoms with van der Waals surface area (Å²) in [4.78, 5) is 38.1. The molecule has 1 atom stereocenters. The number of non-ortho nitro benzene ring substituents is 1. The van der Waals surface area contributed by atoms with Crippen molar-refractivity contribution < 1.29 is 27.3 Å². The largest absolute Gasteiger partial charge is 0.352 e. The van der Waals surface area contributed by atoms with Gasteiger partial charge in [0.25, 0.3) is 5.69 Å². The van der Waals surface area contributed by atoms with Crippen LogP contribution in [0.5, 0.6) is 0 Å². The maximum absolute atomic E-state index is 14.4. The van der Waals surface area contributed by atoms with Crippen LogP contribution in [0.25, 0.3) is 0 Å². The Morgan fingerprint density at radius 1 is 1.17 bits per heavy atom. The molecular formula is C24H29FN4O6S.